The van der Waals surface area contributed by atoms with Crippen LogP contribution in [0, 0.1) is 0 Å². The zero-order valence-corrected chi connectivity index (χ0v) is 48.1. The molecule has 0 aliphatic carbocycles. The van der Waals surface area contributed by atoms with Gasteiger partial charge in [0.2, 0.25) is 0 Å². The minimum atomic E-state index is -0.778. The van der Waals surface area contributed by atoms with Crippen LogP contribution >= 0.6 is 0 Å². The molecule has 0 aliphatic rings. The third-order valence-corrected chi connectivity index (χ3v) is 13.4. The first kappa shape index (κ1) is 69.6. The predicted octanol–water partition coefficient (Wildman–Crippen LogP) is 21.1. The number of rotatable bonds is 56. The topological polar surface area (TPSA) is 78.9 Å². The lowest BCUT2D eigenvalue weighted by Gasteiger charge is -2.18. The van der Waals surface area contributed by atoms with E-state index in [0.29, 0.717) is 19.3 Å². The Kier molecular flexibility index (Phi) is 58.3. The zero-order valence-electron chi connectivity index (χ0n) is 48.1. The van der Waals surface area contributed by atoms with Gasteiger partial charge >= 0.3 is 17.9 Å². The smallest absolute Gasteiger partial charge is 0.306 e. The van der Waals surface area contributed by atoms with Gasteiger partial charge in [0.1, 0.15) is 13.2 Å². The first-order valence-corrected chi connectivity index (χ1v) is 31.1. The van der Waals surface area contributed by atoms with E-state index >= 15 is 0 Å². The normalized spacial score (nSPS) is 12.6. The molecule has 6 nitrogen and oxygen atoms in total. The van der Waals surface area contributed by atoms with Crippen LogP contribution in [0.25, 0.3) is 0 Å². The minimum absolute atomic E-state index is 0.0763. The molecule has 0 aliphatic heterocycles. The van der Waals surface area contributed by atoms with E-state index in [1.807, 2.05) is 0 Å². The maximum absolute atomic E-state index is 12.8. The Morgan fingerprint density at radius 3 is 0.863 bits per heavy atom. The Morgan fingerprint density at radius 2 is 0.534 bits per heavy atom. The van der Waals surface area contributed by atoms with Gasteiger partial charge in [-0.25, -0.2) is 0 Å². The maximum Gasteiger partial charge on any atom is 0.306 e. The summed E-state index contributed by atoms with van der Waals surface area (Å²) >= 11 is 0. The first-order chi connectivity index (χ1) is 36.0. The van der Waals surface area contributed by atoms with Gasteiger partial charge in [-0.2, -0.15) is 0 Å². The molecule has 0 heterocycles. The lowest BCUT2D eigenvalue weighted by Crippen LogP contribution is -2.30. The Hall–Kier alpha value is -3.41. The molecule has 0 saturated carbocycles. The van der Waals surface area contributed by atoms with Crippen LogP contribution < -0.4 is 0 Å². The van der Waals surface area contributed by atoms with E-state index in [1.54, 1.807) is 0 Å². The summed E-state index contributed by atoms with van der Waals surface area (Å²) in [5.41, 5.74) is 0. The summed E-state index contributed by atoms with van der Waals surface area (Å²) in [6.07, 6.45) is 80.2. The summed E-state index contributed by atoms with van der Waals surface area (Å²) in [5.74, 6) is -0.879. The molecular weight excluding hydrogens is 901 g/mol. The van der Waals surface area contributed by atoms with Gasteiger partial charge in [-0.15, -0.1) is 0 Å². The number of allylic oxidation sites excluding steroid dienone is 14. The van der Waals surface area contributed by atoms with Crippen LogP contribution in [0.1, 0.15) is 303 Å². The van der Waals surface area contributed by atoms with E-state index in [1.165, 1.54) is 154 Å². The van der Waals surface area contributed by atoms with Gasteiger partial charge in [-0.05, 0) is 96.3 Å². The van der Waals surface area contributed by atoms with Crippen molar-refractivity contribution in [3.63, 3.8) is 0 Å². The van der Waals surface area contributed by atoms with E-state index in [0.717, 1.165) is 109 Å². The minimum Gasteiger partial charge on any atom is -0.462 e. The highest BCUT2D eigenvalue weighted by atomic mass is 16.6. The quantitative estimate of drug-likeness (QED) is 0.0261. The van der Waals surface area contributed by atoms with Crippen LogP contribution in [0.4, 0.5) is 0 Å². The van der Waals surface area contributed by atoms with E-state index < -0.39 is 6.10 Å². The largest absolute Gasteiger partial charge is 0.462 e. The number of hydrogen-bond acceptors (Lipinski definition) is 6. The summed E-state index contributed by atoms with van der Waals surface area (Å²) < 4.78 is 16.9. The van der Waals surface area contributed by atoms with Gasteiger partial charge in [-0.3, -0.25) is 14.4 Å². The molecule has 0 bridgehead atoms. The molecule has 0 rings (SSSR count). The van der Waals surface area contributed by atoms with Gasteiger partial charge in [0.05, 0.1) is 0 Å². The second-order valence-corrected chi connectivity index (χ2v) is 20.6. The monoisotopic (exact) mass is 1020 g/mol. The molecule has 0 radical (unpaired) electrons. The molecular formula is C67H116O6. The molecule has 73 heavy (non-hydrogen) atoms. The van der Waals surface area contributed by atoms with E-state index in [9.17, 15) is 14.4 Å². The molecule has 0 spiro atoms. The van der Waals surface area contributed by atoms with Crippen LogP contribution in [-0.2, 0) is 28.6 Å². The summed E-state index contributed by atoms with van der Waals surface area (Å²) in [7, 11) is 0. The van der Waals surface area contributed by atoms with E-state index in [-0.39, 0.29) is 31.1 Å². The van der Waals surface area contributed by atoms with Crippen LogP contribution in [0.5, 0.6) is 0 Å². The van der Waals surface area contributed by atoms with E-state index in [4.69, 9.17) is 14.2 Å². The maximum atomic E-state index is 12.8. The Bertz CT molecular complexity index is 1400. The number of ether oxygens (including phenoxy) is 3. The van der Waals surface area contributed by atoms with Crippen LogP contribution in [0.2, 0.25) is 0 Å². The molecule has 0 fully saturated rings. The van der Waals surface area contributed by atoms with Crippen LogP contribution in [0.3, 0.4) is 0 Å². The Balaban J connectivity index is 4.16. The van der Waals surface area contributed by atoms with Crippen molar-refractivity contribution in [1.82, 2.24) is 0 Å². The van der Waals surface area contributed by atoms with Crippen molar-refractivity contribution in [2.45, 2.75) is 309 Å². The molecule has 0 aromatic heterocycles. The SMILES string of the molecule is CC/C=C\C/C=C\C/C=C\C/C=C\C/C=C\C/C=C\CCCCCCCCCCCCCCC(=O)OCC(COC(=O)CCCCCCCCCCCCC)OC(=O)CCCCCCC/C=C\CCCCCC. The average Bonchev–Trinajstić information content (AvgIpc) is 3.39. The highest BCUT2D eigenvalue weighted by Gasteiger charge is 2.19. The fourth-order valence-corrected chi connectivity index (χ4v) is 8.74. The highest BCUT2D eigenvalue weighted by molar-refractivity contribution is 5.71. The molecule has 0 N–H and O–H groups in total. The predicted molar refractivity (Wildman–Crippen MR) is 316 cm³/mol. The molecule has 0 aromatic rings. The summed E-state index contributed by atoms with van der Waals surface area (Å²) in [4.78, 5) is 38.1. The summed E-state index contributed by atoms with van der Waals surface area (Å²) in [6, 6.07) is 0. The molecule has 1 unspecified atom stereocenters. The number of hydrogen-bond donors (Lipinski definition) is 0. The molecule has 0 saturated heterocycles. The van der Waals surface area contributed by atoms with Crippen molar-refractivity contribution in [2.75, 3.05) is 13.2 Å². The lowest BCUT2D eigenvalue weighted by atomic mass is 10.0. The zero-order chi connectivity index (χ0) is 52.9. The van der Waals surface area contributed by atoms with Crippen molar-refractivity contribution in [3.8, 4) is 0 Å². The van der Waals surface area contributed by atoms with E-state index in [2.05, 4.69) is 106 Å². The number of carbonyl (C=O) groups is 3. The molecule has 420 valence electrons. The van der Waals surface area contributed by atoms with Crippen LogP contribution in [0.15, 0.2) is 85.1 Å². The fraction of sp³-hybridized carbons (Fsp3) is 0.746. The summed E-state index contributed by atoms with van der Waals surface area (Å²) in [5, 5.41) is 0. The number of unbranched alkanes of at least 4 members (excludes halogenated alkanes) is 31. The first-order valence-electron chi connectivity index (χ1n) is 31.1. The highest BCUT2D eigenvalue weighted by Crippen LogP contribution is 2.16. The van der Waals surface area contributed by atoms with Crippen molar-refractivity contribution >= 4 is 17.9 Å². The standard InChI is InChI=1S/C67H116O6/c1-4-7-10-13-16-19-22-24-25-26-27-28-29-30-31-32-33-34-35-36-37-38-39-40-41-43-45-48-51-54-57-60-66(69)72-63-64(62-71-65(68)59-56-53-50-47-44-21-18-15-12-9-6-3)73-67(70)61-58-55-52-49-46-42-23-20-17-14-11-8-5-2/h7,10,16,19-20,23-25,27-28,30-31,33-34,64H,4-6,8-9,11-15,17-18,21-22,26,29,32,35-63H2,1-3H3/b10-7-,19-16-,23-20-,25-24-,28-27-,31-30-,34-33-. The molecule has 1 atom stereocenters. The van der Waals surface area contributed by atoms with Gasteiger partial charge in [0.25, 0.3) is 0 Å². The van der Waals surface area contributed by atoms with Crippen molar-refractivity contribution in [2.24, 2.45) is 0 Å². The van der Waals surface area contributed by atoms with Gasteiger partial charge in [-0.1, -0.05) is 273 Å². The fourth-order valence-electron chi connectivity index (χ4n) is 8.74. The third kappa shape index (κ3) is 59.3. The van der Waals surface area contributed by atoms with Crippen LogP contribution in [-0.4, -0.2) is 37.2 Å². The van der Waals surface area contributed by atoms with Crippen molar-refractivity contribution < 1.29 is 28.6 Å². The van der Waals surface area contributed by atoms with Crippen molar-refractivity contribution in [1.29, 1.82) is 0 Å². The molecule has 6 heteroatoms. The second-order valence-electron chi connectivity index (χ2n) is 20.6. The average molecular weight is 1020 g/mol. The van der Waals surface area contributed by atoms with Gasteiger partial charge < -0.3 is 14.2 Å². The molecule has 0 aromatic carbocycles. The molecule has 0 amide bonds. The van der Waals surface area contributed by atoms with Gasteiger partial charge in [0, 0.05) is 19.3 Å². The summed E-state index contributed by atoms with van der Waals surface area (Å²) in [6.45, 7) is 6.51. The van der Waals surface area contributed by atoms with Crippen molar-refractivity contribution in [3.05, 3.63) is 85.1 Å². The Morgan fingerprint density at radius 1 is 0.288 bits per heavy atom. The third-order valence-electron chi connectivity index (χ3n) is 13.4. The lowest BCUT2D eigenvalue weighted by molar-refractivity contribution is -0.167. The number of esters is 3. The Labute approximate surface area is 452 Å². The number of carbonyl (C=O) groups excluding carboxylic acids is 3. The second kappa shape index (κ2) is 61.1. The van der Waals surface area contributed by atoms with Gasteiger partial charge in [0.15, 0.2) is 6.10 Å².